The second kappa shape index (κ2) is 9.55. The van der Waals surface area contributed by atoms with E-state index in [9.17, 15) is 9.18 Å². The minimum Gasteiger partial charge on any atom is -0.493 e. The van der Waals surface area contributed by atoms with Crippen LogP contribution in [0.1, 0.15) is 24.0 Å². The molecule has 0 aliphatic heterocycles. The van der Waals surface area contributed by atoms with Crippen molar-refractivity contribution in [2.45, 2.75) is 25.9 Å². The standard InChI is InChI=1S/C22H26FNO4/c1-27-21-12-16(9-10-24(14-22(25)26)13-17-5-6-17)7-8-20(21)28-15-18-3-2-4-19(23)11-18/h2-4,7-8,11-12,17H,5-6,9-10,13-15H2,1H3,(H,25,26). The first-order chi connectivity index (χ1) is 13.5. The fraction of sp³-hybridized carbons (Fsp3) is 0.409. The Kier molecular flexibility index (Phi) is 6.87. The molecular formula is C22H26FNO4. The molecule has 0 aromatic heterocycles. The van der Waals surface area contributed by atoms with Crippen LogP contribution in [0.5, 0.6) is 11.5 Å². The molecule has 0 radical (unpaired) electrons. The third-order valence-electron chi connectivity index (χ3n) is 4.80. The Morgan fingerprint density at radius 3 is 2.68 bits per heavy atom. The molecule has 6 heteroatoms. The molecule has 2 aromatic rings. The molecule has 1 aliphatic carbocycles. The van der Waals surface area contributed by atoms with Gasteiger partial charge in [-0.05, 0) is 60.6 Å². The summed E-state index contributed by atoms with van der Waals surface area (Å²) in [5.41, 5.74) is 1.80. The van der Waals surface area contributed by atoms with E-state index < -0.39 is 5.97 Å². The van der Waals surface area contributed by atoms with Crippen LogP contribution in [0.2, 0.25) is 0 Å². The van der Waals surface area contributed by atoms with Crippen LogP contribution in [-0.2, 0) is 17.8 Å². The van der Waals surface area contributed by atoms with Crippen molar-refractivity contribution in [2.75, 3.05) is 26.7 Å². The van der Waals surface area contributed by atoms with E-state index in [0.29, 0.717) is 24.0 Å². The lowest BCUT2D eigenvalue weighted by atomic mass is 10.1. The van der Waals surface area contributed by atoms with Crippen LogP contribution in [0.3, 0.4) is 0 Å². The average Bonchev–Trinajstić information content (AvgIpc) is 3.48. The van der Waals surface area contributed by atoms with E-state index in [4.69, 9.17) is 14.6 Å². The number of carboxylic acid groups (broad SMARTS) is 1. The van der Waals surface area contributed by atoms with Crippen LogP contribution < -0.4 is 9.47 Å². The minimum atomic E-state index is -0.792. The molecule has 0 saturated heterocycles. The van der Waals surface area contributed by atoms with Crippen molar-refractivity contribution < 1.29 is 23.8 Å². The monoisotopic (exact) mass is 387 g/mol. The van der Waals surface area contributed by atoms with Gasteiger partial charge in [0, 0.05) is 13.1 Å². The van der Waals surface area contributed by atoms with Crippen molar-refractivity contribution >= 4 is 5.97 Å². The number of ether oxygens (including phenoxy) is 2. The van der Waals surface area contributed by atoms with Gasteiger partial charge >= 0.3 is 5.97 Å². The molecule has 28 heavy (non-hydrogen) atoms. The summed E-state index contributed by atoms with van der Waals surface area (Å²) in [6.45, 7) is 1.86. The zero-order valence-electron chi connectivity index (χ0n) is 16.1. The van der Waals surface area contributed by atoms with Crippen molar-refractivity contribution in [2.24, 2.45) is 5.92 Å². The van der Waals surface area contributed by atoms with E-state index in [1.807, 2.05) is 23.1 Å². The Balaban J connectivity index is 1.59. The highest BCUT2D eigenvalue weighted by atomic mass is 19.1. The van der Waals surface area contributed by atoms with Gasteiger partial charge in [0.1, 0.15) is 12.4 Å². The number of rotatable bonds is 11. The summed E-state index contributed by atoms with van der Waals surface area (Å²) in [7, 11) is 1.58. The minimum absolute atomic E-state index is 0.0719. The molecule has 2 aromatic carbocycles. The van der Waals surface area contributed by atoms with Crippen LogP contribution in [0.4, 0.5) is 4.39 Å². The third-order valence-corrected chi connectivity index (χ3v) is 4.80. The Hall–Kier alpha value is -2.60. The molecule has 0 spiro atoms. The zero-order valence-corrected chi connectivity index (χ0v) is 16.1. The van der Waals surface area contributed by atoms with Gasteiger partial charge in [-0.25, -0.2) is 4.39 Å². The van der Waals surface area contributed by atoms with Gasteiger partial charge in [-0.1, -0.05) is 18.2 Å². The van der Waals surface area contributed by atoms with Gasteiger partial charge in [-0.2, -0.15) is 0 Å². The third kappa shape index (κ3) is 6.23. The predicted octanol–water partition coefficient (Wildman–Crippen LogP) is 3.75. The molecule has 150 valence electrons. The molecule has 0 bridgehead atoms. The van der Waals surface area contributed by atoms with Crippen molar-refractivity contribution in [3.05, 3.63) is 59.4 Å². The Bertz CT molecular complexity index is 807. The molecule has 3 rings (SSSR count). The second-order valence-corrected chi connectivity index (χ2v) is 7.23. The highest BCUT2D eigenvalue weighted by Crippen LogP contribution is 2.31. The van der Waals surface area contributed by atoms with Crippen molar-refractivity contribution in [3.8, 4) is 11.5 Å². The lowest BCUT2D eigenvalue weighted by molar-refractivity contribution is -0.138. The fourth-order valence-corrected chi connectivity index (χ4v) is 3.15. The first kappa shape index (κ1) is 20.1. The number of carbonyl (C=O) groups is 1. The van der Waals surface area contributed by atoms with Crippen LogP contribution in [0, 0.1) is 11.7 Å². The summed E-state index contributed by atoms with van der Waals surface area (Å²) in [5, 5.41) is 9.10. The van der Waals surface area contributed by atoms with E-state index >= 15 is 0 Å². The first-order valence-corrected chi connectivity index (χ1v) is 9.52. The summed E-state index contributed by atoms with van der Waals surface area (Å²) < 4.78 is 24.5. The number of methoxy groups -OCH3 is 1. The van der Waals surface area contributed by atoms with E-state index in [1.54, 1.807) is 19.2 Å². The van der Waals surface area contributed by atoms with Gasteiger partial charge in [0.05, 0.1) is 13.7 Å². The van der Waals surface area contributed by atoms with Crippen LogP contribution in [0.15, 0.2) is 42.5 Å². The van der Waals surface area contributed by atoms with Crippen LogP contribution in [-0.4, -0.2) is 42.7 Å². The quantitative estimate of drug-likeness (QED) is 0.636. The molecule has 1 saturated carbocycles. The lowest BCUT2D eigenvalue weighted by Crippen LogP contribution is -2.33. The van der Waals surface area contributed by atoms with Crippen molar-refractivity contribution in [1.29, 1.82) is 0 Å². The summed E-state index contributed by atoms with van der Waals surface area (Å²) in [5.74, 6) is 0.768. The molecular weight excluding hydrogens is 361 g/mol. The van der Waals surface area contributed by atoms with Crippen molar-refractivity contribution in [3.63, 3.8) is 0 Å². The number of halogens is 1. The van der Waals surface area contributed by atoms with Gasteiger partial charge in [0.25, 0.3) is 0 Å². The smallest absolute Gasteiger partial charge is 0.317 e. The lowest BCUT2D eigenvalue weighted by Gasteiger charge is -2.20. The van der Waals surface area contributed by atoms with Gasteiger partial charge in [-0.15, -0.1) is 0 Å². The maximum atomic E-state index is 13.3. The predicted molar refractivity (Wildman–Crippen MR) is 104 cm³/mol. The molecule has 0 amide bonds. The topological polar surface area (TPSA) is 59.0 Å². The maximum absolute atomic E-state index is 13.3. The number of carboxylic acids is 1. The molecule has 1 aliphatic rings. The molecule has 1 N–H and O–H groups in total. The summed E-state index contributed by atoms with van der Waals surface area (Å²) >= 11 is 0. The Labute approximate surface area is 164 Å². The molecule has 0 atom stereocenters. The molecule has 5 nitrogen and oxygen atoms in total. The van der Waals surface area contributed by atoms with Gasteiger partial charge in [0.15, 0.2) is 11.5 Å². The normalized spacial score (nSPS) is 13.5. The van der Waals surface area contributed by atoms with Crippen LogP contribution in [0.25, 0.3) is 0 Å². The van der Waals surface area contributed by atoms with E-state index in [0.717, 1.165) is 24.1 Å². The SMILES string of the molecule is COc1cc(CCN(CC(=O)O)CC2CC2)ccc1OCc1cccc(F)c1. The van der Waals surface area contributed by atoms with E-state index in [1.165, 1.54) is 25.0 Å². The van der Waals surface area contributed by atoms with Gasteiger partial charge in [0.2, 0.25) is 0 Å². The molecule has 0 heterocycles. The first-order valence-electron chi connectivity index (χ1n) is 9.52. The van der Waals surface area contributed by atoms with E-state index in [2.05, 4.69) is 0 Å². The number of nitrogens with zero attached hydrogens (tertiary/aromatic N) is 1. The number of benzene rings is 2. The largest absolute Gasteiger partial charge is 0.493 e. The van der Waals surface area contributed by atoms with Gasteiger partial charge < -0.3 is 14.6 Å². The summed E-state index contributed by atoms with van der Waals surface area (Å²) in [6.07, 6.45) is 3.13. The number of hydrogen-bond acceptors (Lipinski definition) is 4. The van der Waals surface area contributed by atoms with E-state index in [-0.39, 0.29) is 19.0 Å². The van der Waals surface area contributed by atoms with Crippen LogP contribution >= 0.6 is 0 Å². The summed E-state index contributed by atoms with van der Waals surface area (Å²) in [6, 6.07) is 12.0. The average molecular weight is 387 g/mol. The second-order valence-electron chi connectivity index (χ2n) is 7.23. The Morgan fingerprint density at radius 2 is 2.00 bits per heavy atom. The Morgan fingerprint density at radius 1 is 1.18 bits per heavy atom. The number of hydrogen-bond donors (Lipinski definition) is 1. The highest BCUT2D eigenvalue weighted by Gasteiger charge is 2.25. The molecule has 0 unspecified atom stereocenters. The zero-order chi connectivity index (χ0) is 19.9. The number of aliphatic carboxylic acids is 1. The van der Waals surface area contributed by atoms with Crippen molar-refractivity contribution in [1.82, 2.24) is 4.90 Å². The molecule has 1 fully saturated rings. The summed E-state index contributed by atoms with van der Waals surface area (Å²) in [4.78, 5) is 13.1. The highest BCUT2D eigenvalue weighted by molar-refractivity contribution is 5.69. The maximum Gasteiger partial charge on any atom is 0.317 e. The van der Waals surface area contributed by atoms with Gasteiger partial charge in [-0.3, -0.25) is 9.69 Å². The fourth-order valence-electron chi connectivity index (χ4n) is 3.15.